The zero-order valence-corrected chi connectivity index (χ0v) is 15.8. The van der Waals surface area contributed by atoms with Crippen LogP contribution in [0, 0.1) is 11.3 Å². The molecule has 5 nitrogen and oxygen atoms in total. The summed E-state index contributed by atoms with van der Waals surface area (Å²) in [6.45, 7) is 0. The lowest BCUT2D eigenvalue weighted by molar-refractivity contribution is 0.404. The third-order valence-electron chi connectivity index (χ3n) is 3.68. The Balaban J connectivity index is 2.30. The largest absolute Gasteiger partial charge is 0.497 e. The lowest BCUT2D eigenvalue weighted by Gasteiger charge is -2.12. The predicted octanol–water partition coefficient (Wildman–Crippen LogP) is 4.42. The quantitative estimate of drug-likeness (QED) is 0.682. The maximum atomic E-state index is 12.4. The maximum absolute atomic E-state index is 12.4. The lowest BCUT2D eigenvalue weighted by Crippen LogP contribution is -2.12. The number of nitriles is 1. The molecular weight excluding hydrogens is 404 g/mol. The number of thiophene rings is 1. The minimum absolute atomic E-state index is 0.0333. The number of halogens is 1. The first-order valence-corrected chi connectivity index (χ1v) is 8.84. The van der Waals surface area contributed by atoms with Gasteiger partial charge < -0.3 is 14.5 Å². The molecule has 0 amide bonds. The fourth-order valence-electron chi connectivity index (χ4n) is 2.50. The van der Waals surface area contributed by atoms with E-state index < -0.39 is 5.56 Å². The van der Waals surface area contributed by atoms with Crippen LogP contribution in [0.5, 0.6) is 11.5 Å². The molecule has 0 spiro atoms. The van der Waals surface area contributed by atoms with Crippen LogP contribution in [0.4, 0.5) is 0 Å². The van der Waals surface area contributed by atoms with Crippen LogP contribution in [0.2, 0.25) is 0 Å². The van der Waals surface area contributed by atoms with Crippen molar-refractivity contribution in [3.8, 4) is 39.3 Å². The van der Waals surface area contributed by atoms with Crippen molar-refractivity contribution in [2.75, 3.05) is 14.2 Å². The van der Waals surface area contributed by atoms with Gasteiger partial charge in [0, 0.05) is 11.1 Å². The zero-order chi connectivity index (χ0) is 18.0. The number of benzene rings is 1. The van der Waals surface area contributed by atoms with Gasteiger partial charge in [0.1, 0.15) is 23.1 Å². The Kier molecular flexibility index (Phi) is 4.93. The van der Waals surface area contributed by atoms with Gasteiger partial charge in [-0.05, 0) is 52.3 Å². The van der Waals surface area contributed by atoms with Crippen LogP contribution >= 0.6 is 27.3 Å². The molecule has 0 aliphatic rings. The van der Waals surface area contributed by atoms with Crippen molar-refractivity contribution in [1.29, 1.82) is 5.26 Å². The molecule has 126 valence electrons. The average molecular weight is 417 g/mol. The number of H-pyrrole nitrogens is 1. The van der Waals surface area contributed by atoms with Crippen LogP contribution < -0.4 is 15.0 Å². The van der Waals surface area contributed by atoms with Crippen molar-refractivity contribution in [3.05, 3.63) is 56.1 Å². The van der Waals surface area contributed by atoms with Crippen LogP contribution in [0.25, 0.3) is 21.7 Å². The van der Waals surface area contributed by atoms with Crippen LogP contribution in [-0.4, -0.2) is 19.2 Å². The van der Waals surface area contributed by atoms with E-state index in [2.05, 4.69) is 20.9 Å². The minimum atomic E-state index is -0.440. The molecule has 2 heterocycles. The van der Waals surface area contributed by atoms with Crippen LogP contribution in [0.3, 0.4) is 0 Å². The summed E-state index contributed by atoms with van der Waals surface area (Å²) in [4.78, 5) is 16.1. The van der Waals surface area contributed by atoms with Gasteiger partial charge in [-0.15, -0.1) is 11.3 Å². The first-order valence-electron chi connectivity index (χ1n) is 7.23. The molecular formula is C18H13BrN2O3S. The van der Waals surface area contributed by atoms with E-state index >= 15 is 0 Å². The molecule has 3 aromatic rings. The average Bonchev–Trinajstić information content (AvgIpc) is 3.06. The molecule has 0 saturated heterocycles. The highest BCUT2D eigenvalue weighted by Crippen LogP contribution is 2.37. The molecule has 0 radical (unpaired) electrons. The standard InChI is InChI=1S/C18H13BrN2O3S/c1-23-10-3-4-15(24-2)12(7-10)11-8-14(16-5-6-17(19)25-16)21-18(22)13(11)9-20/h3-8H,1-2H3,(H,21,22). The third-order valence-corrected chi connectivity index (χ3v) is 5.34. The molecule has 2 aromatic heterocycles. The van der Waals surface area contributed by atoms with Crippen LogP contribution in [-0.2, 0) is 0 Å². The highest BCUT2D eigenvalue weighted by atomic mass is 79.9. The highest BCUT2D eigenvalue weighted by Gasteiger charge is 2.17. The summed E-state index contributed by atoms with van der Waals surface area (Å²) in [5, 5.41) is 9.47. The fourth-order valence-corrected chi connectivity index (χ4v) is 3.86. The van der Waals surface area contributed by atoms with E-state index in [0.29, 0.717) is 28.3 Å². The maximum Gasteiger partial charge on any atom is 0.266 e. The van der Waals surface area contributed by atoms with Crippen molar-refractivity contribution >= 4 is 27.3 Å². The van der Waals surface area contributed by atoms with Gasteiger partial charge in [-0.1, -0.05) is 0 Å². The molecule has 0 saturated carbocycles. The number of aromatic nitrogens is 1. The Morgan fingerprint density at radius 2 is 1.92 bits per heavy atom. The lowest BCUT2D eigenvalue weighted by atomic mass is 9.99. The third kappa shape index (κ3) is 3.31. The summed E-state index contributed by atoms with van der Waals surface area (Å²) >= 11 is 4.91. The van der Waals surface area contributed by atoms with Gasteiger partial charge in [0.25, 0.3) is 5.56 Å². The molecule has 0 unspecified atom stereocenters. The first-order chi connectivity index (χ1) is 12.1. The summed E-state index contributed by atoms with van der Waals surface area (Å²) in [7, 11) is 3.10. The van der Waals surface area contributed by atoms with Gasteiger partial charge in [-0.2, -0.15) is 5.26 Å². The number of rotatable bonds is 4. The smallest absolute Gasteiger partial charge is 0.266 e. The summed E-state index contributed by atoms with van der Waals surface area (Å²) in [6, 6.07) is 12.8. The number of methoxy groups -OCH3 is 2. The minimum Gasteiger partial charge on any atom is -0.497 e. The van der Waals surface area contributed by atoms with Gasteiger partial charge in [-0.3, -0.25) is 4.79 Å². The molecule has 0 atom stereocenters. The van der Waals surface area contributed by atoms with E-state index in [1.165, 1.54) is 11.3 Å². The number of ether oxygens (including phenoxy) is 2. The second-order valence-electron chi connectivity index (χ2n) is 5.08. The second kappa shape index (κ2) is 7.13. The van der Waals surface area contributed by atoms with E-state index in [1.54, 1.807) is 38.5 Å². The van der Waals surface area contributed by atoms with Gasteiger partial charge in [0.15, 0.2) is 0 Å². The highest BCUT2D eigenvalue weighted by molar-refractivity contribution is 9.11. The topological polar surface area (TPSA) is 75.1 Å². The molecule has 0 bridgehead atoms. The summed E-state index contributed by atoms with van der Waals surface area (Å²) in [5.74, 6) is 1.17. The number of nitrogens with zero attached hydrogens (tertiary/aromatic N) is 1. The zero-order valence-electron chi connectivity index (χ0n) is 13.4. The van der Waals surface area contributed by atoms with Gasteiger partial charge in [0.05, 0.1) is 28.6 Å². The Bertz CT molecular complexity index is 1030. The second-order valence-corrected chi connectivity index (χ2v) is 7.55. The number of hydrogen-bond acceptors (Lipinski definition) is 5. The Morgan fingerprint density at radius 1 is 1.12 bits per heavy atom. The van der Waals surface area contributed by atoms with Crippen molar-refractivity contribution in [1.82, 2.24) is 4.98 Å². The molecule has 0 aliphatic heterocycles. The predicted molar refractivity (Wildman–Crippen MR) is 101 cm³/mol. The van der Waals surface area contributed by atoms with Gasteiger partial charge >= 0.3 is 0 Å². The van der Waals surface area contributed by atoms with E-state index in [4.69, 9.17) is 9.47 Å². The molecule has 3 rings (SSSR count). The monoisotopic (exact) mass is 416 g/mol. The Hall–Kier alpha value is -2.56. The van der Waals surface area contributed by atoms with E-state index in [9.17, 15) is 10.1 Å². The summed E-state index contributed by atoms with van der Waals surface area (Å²) < 4.78 is 11.6. The molecule has 25 heavy (non-hydrogen) atoms. The number of nitrogens with one attached hydrogen (secondary N) is 1. The van der Waals surface area contributed by atoms with E-state index in [-0.39, 0.29) is 5.56 Å². The van der Waals surface area contributed by atoms with Crippen LogP contribution in [0.1, 0.15) is 5.56 Å². The van der Waals surface area contributed by atoms with E-state index in [0.717, 1.165) is 8.66 Å². The van der Waals surface area contributed by atoms with Gasteiger partial charge in [-0.25, -0.2) is 0 Å². The summed E-state index contributed by atoms with van der Waals surface area (Å²) in [5.41, 5.74) is 1.36. The molecule has 0 aliphatic carbocycles. The van der Waals surface area contributed by atoms with Crippen LogP contribution in [0.15, 0.2) is 45.0 Å². The number of pyridine rings is 1. The Morgan fingerprint density at radius 3 is 2.52 bits per heavy atom. The van der Waals surface area contributed by atoms with Gasteiger partial charge in [0.2, 0.25) is 0 Å². The van der Waals surface area contributed by atoms with Crippen molar-refractivity contribution in [2.24, 2.45) is 0 Å². The molecule has 1 N–H and O–H groups in total. The Labute approximate surface area is 156 Å². The van der Waals surface area contributed by atoms with Crippen molar-refractivity contribution in [3.63, 3.8) is 0 Å². The molecule has 7 heteroatoms. The summed E-state index contributed by atoms with van der Waals surface area (Å²) in [6.07, 6.45) is 0. The SMILES string of the molecule is COc1ccc(OC)c(-c2cc(-c3ccc(Br)s3)[nH]c(=O)c2C#N)c1. The molecule has 1 aromatic carbocycles. The van der Waals surface area contributed by atoms with E-state index in [1.807, 2.05) is 18.2 Å². The normalized spacial score (nSPS) is 10.3. The fraction of sp³-hybridized carbons (Fsp3) is 0.111. The molecule has 0 fully saturated rings. The number of aromatic amines is 1. The number of hydrogen-bond donors (Lipinski definition) is 1. The van der Waals surface area contributed by atoms with Crippen molar-refractivity contribution in [2.45, 2.75) is 0 Å². The van der Waals surface area contributed by atoms with Crippen molar-refractivity contribution < 1.29 is 9.47 Å². The first kappa shape index (κ1) is 17.3.